The van der Waals surface area contributed by atoms with Crippen molar-refractivity contribution < 1.29 is 9.59 Å². The molecule has 0 radical (unpaired) electrons. The maximum absolute atomic E-state index is 11.8. The predicted molar refractivity (Wildman–Crippen MR) is 56.0 cm³/mol. The Bertz CT molecular complexity index is 266. The molecule has 0 aromatic carbocycles. The second-order valence-corrected chi connectivity index (χ2v) is 4.61. The Morgan fingerprint density at radius 1 is 1.07 bits per heavy atom. The van der Waals surface area contributed by atoms with Gasteiger partial charge < -0.3 is 5.73 Å². The summed E-state index contributed by atoms with van der Waals surface area (Å²) in [6.07, 6.45) is 5.65. The number of piperidine rings is 1. The van der Waals surface area contributed by atoms with Crippen LogP contribution in [0.25, 0.3) is 0 Å². The largest absolute Gasteiger partial charge is 0.328 e. The summed E-state index contributed by atoms with van der Waals surface area (Å²) in [5.41, 5.74) is 5.44. The zero-order chi connectivity index (χ0) is 10.9. The molecule has 0 aromatic heterocycles. The molecular formula is C11H18N2O2. The number of rotatable bonds is 2. The molecule has 1 saturated carbocycles. The lowest BCUT2D eigenvalue weighted by molar-refractivity contribution is -0.155. The van der Waals surface area contributed by atoms with Crippen LogP contribution in [0.3, 0.4) is 0 Å². The number of carbonyl (C=O) groups excluding carboxylic acids is 2. The van der Waals surface area contributed by atoms with Gasteiger partial charge in [-0.25, -0.2) is 0 Å². The second-order valence-electron chi connectivity index (χ2n) is 4.61. The average molecular weight is 210 g/mol. The number of nitrogens with two attached hydrogens (primary N) is 1. The van der Waals surface area contributed by atoms with Crippen molar-refractivity contribution in [2.75, 3.05) is 6.54 Å². The van der Waals surface area contributed by atoms with Crippen molar-refractivity contribution in [3.63, 3.8) is 0 Å². The van der Waals surface area contributed by atoms with Gasteiger partial charge in [-0.15, -0.1) is 0 Å². The molecule has 0 spiro atoms. The predicted octanol–water partition coefficient (Wildman–Crippen LogP) is 0.797. The second kappa shape index (κ2) is 3.93. The van der Waals surface area contributed by atoms with Crippen LogP contribution in [0.15, 0.2) is 0 Å². The zero-order valence-corrected chi connectivity index (χ0v) is 9.00. The number of hydrogen-bond acceptors (Lipinski definition) is 3. The highest BCUT2D eigenvalue weighted by atomic mass is 16.2. The molecule has 2 N–H and O–H groups in total. The third kappa shape index (κ3) is 1.67. The normalized spacial score (nSPS) is 26.1. The Morgan fingerprint density at radius 3 is 2.07 bits per heavy atom. The van der Waals surface area contributed by atoms with E-state index in [0.717, 1.165) is 25.7 Å². The maximum Gasteiger partial charge on any atom is 0.229 e. The highest BCUT2D eigenvalue weighted by molar-refractivity contribution is 5.98. The van der Waals surface area contributed by atoms with Gasteiger partial charge in [0.15, 0.2) is 0 Å². The summed E-state index contributed by atoms with van der Waals surface area (Å²) in [6.45, 7) is 0.421. The number of hydrogen-bond donors (Lipinski definition) is 1. The van der Waals surface area contributed by atoms with Gasteiger partial charge >= 0.3 is 0 Å². The first-order valence-corrected chi connectivity index (χ1v) is 5.76. The first kappa shape index (κ1) is 10.6. The summed E-state index contributed by atoms with van der Waals surface area (Å²) in [6, 6.07) is 0. The monoisotopic (exact) mass is 210 g/mol. The van der Waals surface area contributed by atoms with Crippen LogP contribution in [-0.2, 0) is 9.59 Å². The number of nitrogens with zero attached hydrogens (tertiary/aromatic N) is 1. The molecule has 0 atom stereocenters. The molecule has 1 saturated heterocycles. The van der Waals surface area contributed by atoms with Gasteiger partial charge in [0.2, 0.25) is 11.8 Å². The van der Waals surface area contributed by atoms with Crippen LogP contribution in [0.1, 0.15) is 44.9 Å². The molecule has 84 valence electrons. The van der Waals surface area contributed by atoms with E-state index >= 15 is 0 Å². The van der Waals surface area contributed by atoms with Gasteiger partial charge in [0.25, 0.3) is 0 Å². The summed E-state index contributed by atoms with van der Waals surface area (Å²) >= 11 is 0. The lowest BCUT2D eigenvalue weighted by Crippen LogP contribution is -2.58. The van der Waals surface area contributed by atoms with Crippen LogP contribution in [-0.4, -0.2) is 28.8 Å². The smallest absolute Gasteiger partial charge is 0.229 e. The number of amides is 2. The van der Waals surface area contributed by atoms with E-state index < -0.39 is 0 Å². The van der Waals surface area contributed by atoms with E-state index in [1.807, 2.05) is 0 Å². The molecule has 15 heavy (non-hydrogen) atoms. The molecule has 0 unspecified atom stereocenters. The molecule has 1 heterocycles. The highest BCUT2D eigenvalue weighted by Gasteiger charge is 2.45. The lowest BCUT2D eigenvalue weighted by atomic mass is 9.92. The fraction of sp³-hybridized carbons (Fsp3) is 0.818. The molecule has 1 aliphatic heterocycles. The van der Waals surface area contributed by atoms with Crippen LogP contribution in [0.5, 0.6) is 0 Å². The summed E-state index contributed by atoms with van der Waals surface area (Å²) in [5, 5.41) is 0. The molecule has 1 aliphatic carbocycles. The van der Waals surface area contributed by atoms with Gasteiger partial charge in [-0.1, -0.05) is 12.8 Å². The number of carbonyl (C=O) groups is 2. The molecule has 0 aromatic rings. The van der Waals surface area contributed by atoms with Gasteiger partial charge in [0.1, 0.15) is 0 Å². The van der Waals surface area contributed by atoms with E-state index in [-0.39, 0.29) is 17.4 Å². The van der Waals surface area contributed by atoms with Crippen molar-refractivity contribution in [3.05, 3.63) is 0 Å². The van der Waals surface area contributed by atoms with E-state index in [1.165, 1.54) is 4.90 Å². The minimum absolute atomic E-state index is 0.0152. The molecule has 2 rings (SSSR count). The van der Waals surface area contributed by atoms with Crippen molar-refractivity contribution >= 4 is 11.8 Å². The van der Waals surface area contributed by atoms with Crippen LogP contribution < -0.4 is 5.73 Å². The zero-order valence-electron chi connectivity index (χ0n) is 9.00. The van der Waals surface area contributed by atoms with E-state index in [1.54, 1.807) is 0 Å². The van der Waals surface area contributed by atoms with Gasteiger partial charge in [0.05, 0.1) is 5.54 Å². The first-order chi connectivity index (χ1) is 7.19. The van der Waals surface area contributed by atoms with Gasteiger partial charge in [-0.05, 0) is 19.3 Å². The highest BCUT2D eigenvalue weighted by Crippen LogP contribution is 2.36. The standard InChI is InChI=1S/C11H18N2O2/c12-8-11(6-1-2-7-11)13-9(14)4-3-5-10(13)15/h1-8,12H2. The van der Waals surface area contributed by atoms with E-state index in [9.17, 15) is 9.59 Å². The van der Waals surface area contributed by atoms with E-state index in [2.05, 4.69) is 0 Å². The van der Waals surface area contributed by atoms with E-state index in [4.69, 9.17) is 5.73 Å². The number of imide groups is 1. The minimum Gasteiger partial charge on any atom is -0.328 e. The van der Waals surface area contributed by atoms with Gasteiger partial charge in [-0.2, -0.15) is 0 Å². The summed E-state index contributed by atoms with van der Waals surface area (Å²) < 4.78 is 0. The Hall–Kier alpha value is -0.900. The van der Waals surface area contributed by atoms with Crippen molar-refractivity contribution in [1.29, 1.82) is 0 Å². The van der Waals surface area contributed by atoms with E-state index in [0.29, 0.717) is 25.8 Å². The SMILES string of the molecule is NCC1(N2C(=O)CCCC2=O)CCCC1. The first-order valence-electron chi connectivity index (χ1n) is 5.76. The molecule has 2 aliphatic rings. The summed E-state index contributed by atoms with van der Waals surface area (Å²) in [4.78, 5) is 25.1. The fourth-order valence-corrected chi connectivity index (χ4v) is 2.83. The van der Waals surface area contributed by atoms with Crippen molar-refractivity contribution in [2.24, 2.45) is 5.73 Å². The Kier molecular flexibility index (Phi) is 2.78. The maximum atomic E-state index is 11.8. The fourth-order valence-electron chi connectivity index (χ4n) is 2.83. The van der Waals surface area contributed by atoms with Gasteiger partial charge in [0, 0.05) is 19.4 Å². The summed E-state index contributed by atoms with van der Waals surface area (Å²) in [5.74, 6) is -0.0304. The van der Waals surface area contributed by atoms with Crippen molar-refractivity contribution in [3.8, 4) is 0 Å². The lowest BCUT2D eigenvalue weighted by Gasteiger charge is -2.41. The minimum atomic E-state index is -0.339. The van der Waals surface area contributed by atoms with Crippen LogP contribution >= 0.6 is 0 Å². The van der Waals surface area contributed by atoms with Crippen LogP contribution in [0, 0.1) is 0 Å². The Morgan fingerprint density at radius 2 is 1.60 bits per heavy atom. The van der Waals surface area contributed by atoms with Crippen LogP contribution in [0.2, 0.25) is 0 Å². The topological polar surface area (TPSA) is 63.4 Å². The van der Waals surface area contributed by atoms with Gasteiger partial charge in [-0.3, -0.25) is 14.5 Å². The molecular weight excluding hydrogens is 192 g/mol. The average Bonchev–Trinajstić information content (AvgIpc) is 2.67. The molecule has 0 bridgehead atoms. The summed E-state index contributed by atoms with van der Waals surface area (Å²) in [7, 11) is 0. The molecule has 4 nitrogen and oxygen atoms in total. The molecule has 4 heteroatoms. The Balaban J connectivity index is 2.25. The molecule has 2 fully saturated rings. The Labute approximate surface area is 89.8 Å². The van der Waals surface area contributed by atoms with Crippen LogP contribution in [0.4, 0.5) is 0 Å². The van der Waals surface area contributed by atoms with Crippen molar-refractivity contribution in [1.82, 2.24) is 4.90 Å². The van der Waals surface area contributed by atoms with Crippen molar-refractivity contribution in [2.45, 2.75) is 50.5 Å². The third-order valence-corrected chi connectivity index (χ3v) is 3.67. The quantitative estimate of drug-likeness (QED) is 0.685. The third-order valence-electron chi connectivity index (χ3n) is 3.67. The number of likely N-dealkylation sites (tertiary alicyclic amines) is 1. The molecule has 2 amide bonds.